The van der Waals surface area contributed by atoms with E-state index in [0.29, 0.717) is 5.69 Å². The fourth-order valence-corrected chi connectivity index (χ4v) is 2.75. The summed E-state index contributed by atoms with van der Waals surface area (Å²) in [4.78, 5) is 16.5. The van der Waals surface area contributed by atoms with Gasteiger partial charge >= 0.3 is 0 Å². The van der Waals surface area contributed by atoms with Crippen LogP contribution in [0.1, 0.15) is 51.0 Å². The molecule has 0 spiro atoms. The van der Waals surface area contributed by atoms with Crippen LogP contribution in [0, 0.1) is 0 Å². The molecule has 0 aromatic carbocycles. The van der Waals surface area contributed by atoms with Gasteiger partial charge in [0.1, 0.15) is 0 Å². The minimum absolute atomic E-state index is 0.0459. The third-order valence-electron chi connectivity index (χ3n) is 3.65. The van der Waals surface area contributed by atoms with Crippen LogP contribution in [0.5, 0.6) is 0 Å². The van der Waals surface area contributed by atoms with E-state index in [0.717, 1.165) is 18.9 Å². The van der Waals surface area contributed by atoms with Crippen LogP contribution in [0.2, 0.25) is 0 Å². The van der Waals surface area contributed by atoms with Crippen LogP contribution < -0.4 is 4.90 Å². The molecule has 20 heavy (non-hydrogen) atoms. The lowest BCUT2D eigenvalue weighted by Crippen LogP contribution is -2.42. The quantitative estimate of drug-likeness (QED) is 0.847. The molecule has 5 nitrogen and oxygen atoms in total. The molecule has 110 valence electrons. The third kappa shape index (κ3) is 3.08. The molecule has 5 heteroatoms. The first-order valence-corrected chi connectivity index (χ1v) is 7.42. The SMILES string of the molecule is CC(C)N(C(=O)c1ccc(N2CCCC2)nn1)C(C)C. The molecule has 1 saturated heterocycles. The van der Waals surface area contributed by atoms with Crippen LogP contribution in [0.25, 0.3) is 0 Å². The number of anilines is 1. The predicted octanol–water partition coefficient (Wildman–Crippen LogP) is 2.34. The average molecular weight is 276 g/mol. The lowest BCUT2D eigenvalue weighted by molar-refractivity contribution is 0.0636. The van der Waals surface area contributed by atoms with Crippen molar-refractivity contribution in [1.82, 2.24) is 15.1 Å². The Bertz CT molecular complexity index is 441. The largest absolute Gasteiger partial charge is 0.355 e. The summed E-state index contributed by atoms with van der Waals surface area (Å²) in [6.45, 7) is 10.1. The second-order valence-corrected chi connectivity index (χ2v) is 5.87. The topological polar surface area (TPSA) is 49.3 Å². The Hall–Kier alpha value is -1.65. The maximum Gasteiger partial charge on any atom is 0.274 e. The van der Waals surface area contributed by atoms with Crippen molar-refractivity contribution in [1.29, 1.82) is 0 Å². The lowest BCUT2D eigenvalue weighted by Gasteiger charge is -2.30. The van der Waals surface area contributed by atoms with Crippen molar-refractivity contribution in [2.24, 2.45) is 0 Å². The summed E-state index contributed by atoms with van der Waals surface area (Å²) in [5, 5.41) is 8.34. The molecule has 2 heterocycles. The zero-order chi connectivity index (χ0) is 14.7. The fourth-order valence-electron chi connectivity index (χ4n) is 2.75. The maximum atomic E-state index is 12.5. The van der Waals surface area contributed by atoms with E-state index in [2.05, 4.69) is 15.1 Å². The van der Waals surface area contributed by atoms with Crippen molar-refractivity contribution in [2.75, 3.05) is 18.0 Å². The Morgan fingerprint density at radius 1 is 1.10 bits per heavy atom. The van der Waals surface area contributed by atoms with E-state index in [9.17, 15) is 4.79 Å². The zero-order valence-corrected chi connectivity index (χ0v) is 12.8. The molecule has 0 unspecified atom stereocenters. The molecule has 0 atom stereocenters. The van der Waals surface area contributed by atoms with E-state index >= 15 is 0 Å². The van der Waals surface area contributed by atoms with Crippen molar-refractivity contribution in [3.8, 4) is 0 Å². The molecule has 1 amide bonds. The standard InChI is InChI=1S/C15H24N4O/c1-11(2)19(12(3)4)15(20)13-7-8-14(17-16-13)18-9-5-6-10-18/h7-8,11-12H,5-6,9-10H2,1-4H3. The minimum Gasteiger partial charge on any atom is -0.355 e. The highest BCUT2D eigenvalue weighted by molar-refractivity contribution is 5.92. The first-order valence-electron chi connectivity index (χ1n) is 7.42. The van der Waals surface area contributed by atoms with Gasteiger partial charge in [0.25, 0.3) is 5.91 Å². The second kappa shape index (κ2) is 6.20. The molecule has 0 N–H and O–H groups in total. The van der Waals surface area contributed by atoms with Crippen molar-refractivity contribution >= 4 is 11.7 Å². The Balaban J connectivity index is 2.14. The van der Waals surface area contributed by atoms with Crippen LogP contribution in [-0.2, 0) is 0 Å². The van der Waals surface area contributed by atoms with Crippen LogP contribution in [0.4, 0.5) is 5.82 Å². The molecule has 0 saturated carbocycles. The van der Waals surface area contributed by atoms with Crippen molar-refractivity contribution in [3.05, 3.63) is 17.8 Å². The number of hydrogen-bond acceptors (Lipinski definition) is 4. The Morgan fingerprint density at radius 2 is 1.70 bits per heavy atom. The van der Waals surface area contributed by atoms with Gasteiger partial charge in [-0.15, -0.1) is 10.2 Å². The van der Waals surface area contributed by atoms with Gasteiger partial charge < -0.3 is 9.80 Å². The number of nitrogens with zero attached hydrogens (tertiary/aromatic N) is 4. The van der Waals surface area contributed by atoms with E-state index in [1.165, 1.54) is 12.8 Å². The van der Waals surface area contributed by atoms with Crippen LogP contribution in [-0.4, -0.2) is 46.2 Å². The summed E-state index contributed by atoms with van der Waals surface area (Å²) in [6, 6.07) is 4.01. The van der Waals surface area contributed by atoms with Gasteiger partial charge in [0.2, 0.25) is 0 Å². The van der Waals surface area contributed by atoms with Crippen molar-refractivity contribution < 1.29 is 4.79 Å². The number of rotatable bonds is 4. The van der Waals surface area contributed by atoms with Gasteiger partial charge in [-0.25, -0.2) is 0 Å². The van der Waals surface area contributed by atoms with Gasteiger partial charge in [0, 0.05) is 25.2 Å². The molecule has 1 aliphatic rings. The minimum atomic E-state index is -0.0459. The molecular formula is C15H24N4O. The lowest BCUT2D eigenvalue weighted by atomic mass is 10.2. The van der Waals surface area contributed by atoms with Gasteiger partial charge in [-0.2, -0.15) is 0 Å². The van der Waals surface area contributed by atoms with Crippen LogP contribution in [0.15, 0.2) is 12.1 Å². The summed E-state index contributed by atoms with van der Waals surface area (Å²) in [7, 11) is 0. The summed E-state index contributed by atoms with van der Waals surface area (Å²) in [5.41, 5.74) is 0.426. The molecule has 0 radical (unpaired) electrons. The predicted molar refractivity (Wildman–Crippen MR) is 79.9 cm³/mol. The number of carbonyl (C=O) groups is 1. The Kier molecular flexibility index (Phi) is 4.57. The second-order valence-electron chi connectivity index (χ2n) is 5.87. The van der Waals surface area contributed by atoms with E-state index < -0.39 is 0 Å². The Morgan fingerprint density at radius 3 is 2.15 bits per heavy atom. The van der Waals surface area contributed by atoms with E-state index in [1.54, 1.807) is 6.07 Å². The smallest absolute Gasteiger partial charge is 0.274 e. The molecule has 2 rings (SSSR count). The molecule has 1 aromatic rings. The third-order valence-corrected chi connectivity index (χ3v) is 3.65. The van der Waals surface area contributed by atoms with Crippen LogP contribution >= 0.6 is 0 Å². The van der Waals surface area contributed by atoms with Crippen LogP contribution in [0.3, 0.4) is 0 Å². The Labute approximate surface area is 121 Å². The number of carbonyl (C=O) groups excluding carboxylic acids is 1. The maximum absolute atomic E-state index is 12.5. The highest BCUT2D eigenvalue weighted by Crippen LogP contribution is 2.17. The molecule has 1 aromatic heterocycles. The fraction of sp³-hybridized carbons (Fsp3) is 0.667. The number of aromatic nitrogens is 2. The van der Waals surface area contributed by atoms with Gasteiger partial charge in [0.15, 0.2) is 11.5 Å². The molecule has 1 aliphatic heterocycles. The highest BCUT2D eigenvalue weighted by Gasteiger charge is 2.23. The van der Waals surface area contributed by atoms with E-state index in [-0.39, 0.29) is 18.0 Å². The molecular weight excluding hydrogens is 252 g/mol. The van der Waals surface area contributed by atoms with E-state index in [4.69, 9.17) is 0 Å². The molecule has 0 bridgehead atoms. The summed E-state index contributed by atoms with van der Waals surface area (Å²) < 4.78 is 0. The van der Waals surface area contributed by atoms with Crippen molar-refractivity contribution in [3.63, 3.8) is 0 Å². The first kappa shape index (κ1) is 14.8. The normalized spacial score (nSPS) is 15.2. The van der Waals surface area contributed by atoms with Gasteiger partial charge in [-0.3, -0.25) is 4.79 Å². The summed E-state index contributed by atoms with van der Waals surface area (Å²) >= 11 is 0. The summed E-state index contributed by atoms with van der Waals surface area (Å²) in [5.74, 6) is 0.829. The molecule has 1 fully saturated rings. The zero-order valence-electron chi connectivity index (χ0n) is 12.8. The summed E-state index contributed by atoms with van der Waals surface area (Å²) in [6.07, 6.45) is 2.41. The monoisotopic (exact) mass is 276 g/mol. The van der Waals surface area contributed by atoms with Gasteiger partial charge in [-0.1, -0.05) is 0 Å². The van der Waals surface area contributed by atoms with Crippen molar-refractivity contribution in [2.45, 2.75) is 52.6 Å². The number of hydrogen-bond donors (Lipinski definition) is 0. The molecule has 0 aliphatic carbocycles. The first-order chi connectivity index (χ1) is 9.50. The highest BCUT2D eigenvalue weighted by atomic mass is 16.2. The van der Waals surface area contributed by atoms with Gasteiger partial charge in [0.05, 0.1) is 0 Å². The van der Waals surface area contributed by atoms with Gasteiger partial charge in [-0.05, 0) is 52.7 Å². The average Bonchev–Trinajstić information content (AvgIpc) is 2.91. The number of amides is 1. The van der Waals surface area contributed by atoms with E-state index in [1.807, 2.05) is 38.7 Å².